The Kier molecular flexibility index (Phi) is 6.43. The zero-order chi connectivity index (χ0) is 23.4. The molecule has 0 radical (unpaired) electrons. The van der Waals surface area contributed by atoms with Gasteiger partial charge in [0.05, 0.1) is 38.5 Å². The van der Waals surface area contributed by atoms with Crippen molar-refractivity contribution < 1.29 is 33.1 Å². The minimum atomic E-state index is -0.605. The van der Waals surface area contributed by atoms with Crippen molar-refractivity contribution in [2.45, 2.75) is 13.0 Å². The van der Waals surface area contributed by atoms with Crippen LogP contribution in [0, 0.1) is 5.92 Å². The minimum Gasteiger partial charge on any atom is -0.497 e. The maximum absolute atomic E-state index is 12.6. The molecule has 2 aromatic carbocycles. The van der Waals surface area contributed by atoms with Crippen LogP contribution in [0.25, 0.3) is 11.4 Å². The number of nitrogens with zero attached hydrogens (tertiary/aromatic N) is 3. The summed E-state index contributed by atoms with van der Waals surface area (Å²) in [6.07, 6.45) is 0.0506. The molecule has 0 saturated carbocycles. The Morgan fingerprint density at radius 2 is 1.88 bits per heavy atom. The Balaban J connectivity index is 1.39. The lowest BCUT2D eigenvalue weighted by Gasteiger charge is -2.19. The van der Waals surface area contributed by atoms with E-state index in [0.29, 0.717) is 34.3 Å². The van der Waals surface area contributed by atoms with Gasteiger partial charge in [-0.3, -0.25) is 9.59 Å². The summed E-state index contributed by atoms with van der Waals surface area (Å²) in [7, 11) is 4.62. The molecule has 3 aromatic rings. The first-order valence-electron chi connectivity index (χ1n) is 10.2. The molecule has 0 spiro atoms. The molecule has 33 heavy (non-hydrogen) atoms. The van der Waals surface area contributed by atoms with Crippen molar-refractivity contribution in [3.63, 3.8) is 0 Å². The van der Waals surface area contributed by atoms with Crippen molar-refractivity contribution in [1.82, 2.24) is 10.1 Å². The second-order valence-corrected chi connectivity index (χ2v) is 7.26. The van der Waals surface area contributed by atoms with Crippen LogP contribution in [0.3, 0.4) is 0 Å². The third-order valence-corrected chi connectivity index (χ3v) is 5.29. The van der Waals surface area contributed by atoms with Gasteiger partial charge in [-0.25, -0.2) is 0 Å². The highest BCUT2D eigenvalue weighted by atomic mass is 16.6. The SMILES string of the molecule is COc1ccc(-c2noc(COC(=O)[C@H]3CC(=O)N(c4ccccc4OC)C3)n2)c(OC)c1. The van der Waals surface area contributed by atoms with Crippen LogP contribution in [0.2, 0.25) is 0 Å². The van der Waals surface area contributed by atoms with Crippen LogP contribution < -0.4 is 19.1 Å². The number of rotatable bonds is 8. The molecule has 10 nitrogen and oxygen atoms in total. The van der Waals surface area contributed by atoms with Crippen LogP contribution in [0.4, 0.5) is 5.69 Å². The number of esters is 1. The quantitative estimate of drug-likeness (QED) is 0.475. The van der Waals surface area contributed by atoms with Crippen molar-refractivity contribution >= 4 is 17.6 Å². The Bertz CT molecular complexity index is 1160. The summed E-state index contributed by atoms with van der Waals surface area (Å²) in [5, 5.41) is 3.93. The standard InChI is InChI=1S/C23H23N3O7/c1-29-15-8-9-16(19(11-15)31-3)22-24-20(33-25-22)13-32-23(28)14-10-21(27)26(12-14)17-6-4-5-7-18(17)30-2/h4-9,11,14H,10,12-13H2,1-3H3/t14-/m0/s1. The van der Waals surface area contributed by atoms with Gasteiger partial charge in [0, 0.05) is 19.0 Å². The first-order chi connectivity index (χ1) is 16.0. The molecule has 1 amide bonds. The Morgan fingerprint density at radius 3 is 2.64 bits per heavy atom. The topological polar surface area (TPSA) is 113 Å². The van der Waals surface area contributed by atoms with Gasteiger partial charge in [-0.15, -0.1) is 0 Å². The molecule has 0 bridgehead atoms. The number of carbonyl (C=O) groups excluding carboxylic acids is 2. The van der Waals surface area contributed by atoms with Gasteiger partial charge in [0.15, 0.2) is 6.61 Å². The summed E-state index contributed by atoms with van der Waals surface area (Å²) in [6.45, 7) is -0.000176. The number of aromatic nitrogens is 2. The molecule has 1 fully saturated rings. The first-order valence-corrected chi connectivity index (χ1v) is 10.2. The number of ether oxygens (including phenoxy) is 4. The largest absolute Gasteiger partial charge is 0.497 e. The molecule has 0 aliphatic carbocycles. The highest BCUT2D eigenvalue weighted by molar-refractivity contribution is 6.00. The molecule has 4 rings (SSSR count). The van der Waals surface area contributed by atoms with E-state index in [1.165, 1.54) is 19.1 Å². The molecule has 0 N–H and O–H groups in total. The third-order valence-electron chi connectivity index (χ3n) is 5.29. The maximum atomic E-state index is 12.6. The zero-order valence-corrected chi connectivity index (χ0v) is 18.4. The summed E-state index contributed by atoms with van der Waals surface area (Å²) in [5.74, 6) is 0.830. The Morgan fingerprint density at radius 1 is 1.09 bits per heavy atom. The van der Waals surface area contributed by atoms with Crippen LogP contribution in [-0.2, 0) is 20.9 Å². The summed E-state index contributed by atoms with van der Waals surface area (Å²) in [5.41, 5.74) is 1.23. The summed E-state index contributed by atoms with van der Waals surface area (Å²) in [6, 6.07) is 12.4. The van der Waals surface area contributed by atoms with Gasteiger partial charge >= 0.3 is 5.97 Å². The van der Waals surface area contributed by atoms with Crippen molar-refractivity contribution in [1.29, 1.82) is 0 Å². The van der Waals surface area contributed by atoms with Crippen LogP contribution in [0.15, 0.2) is 47.0 Å². The van der Waals surface area contributed by atoms with E-state index >= 15 is 0 Å². The van der Waals surface area contributed by atoms with Gasteiger partial charge < -0.3 is 28.4 Å². The fraction of sp³-hybridized carbons (Fsp3) is 0.304. The molecule has 1 aromatic heterocycles. The zero-order valence-electron chi connectivity index (χ0n) is 18.4. The molecule has 1 aliphatic rings. The van der Waals surface area contributed by atoms with Crippen molar-refractivity contribution in [2.24, 2.45) is 5.92 Å². The fourth-order valence-electron chi connectivity index (χ4n) is 3.61. The number of amides is 1. The number of carbonyl (C=O) groups is 2. The van der Waals surface area contributed by atoms with Crippen LogP contribution in [0.1, 0.15) is 12.3 Å². The van der Waals surface area contributed by atoms with E-state index in [-0.39, 0.29) is 31.4 Å². The highest BCUT2D eigenvalue weighted by Gasteiger charge is 2.37. The number of anilines is 1. The van der Waals surface area contributed by atoms with E-state index in [2.05, 4.69) is 10.1 Å². The lowest BCUT2D eigenvalue weighted by molar-refractivity contribution is -0.150. The fourth-order valence-corrected chi connectivity index (χ4v) is 3.61. The maximum Gasteiger partial charge on any atom is 0.311 e. The van der Waals surface area contributed by atoms with E-state index in [0.717, 1.165) is 0 Å². The number of para-hydroxylation sites is 2. The van der Waals surface area contributed by atoms with Gasteiger partial charge in [0.25, 0.3) is 5.89 Å². The highest BCUT2D eigenvalue weighted by Crippen LogP contribution is 2.34. The molecule has 172 valence electrons. The van der Waals surface area contributed by atoms with E-state index < -0.39 is 11.9 Å². The van der Waals surface area contributed by atoms with Crippen molar-refractivity contribution in [2.75, 3.05) is 32.8 Å². The molecule has 0 unspecified atom stereocenters. The van der Waals surface area contributed by atoms with Crippen LogP contribution >= 0.6 is 0 Å². The average Bonchev–Trinajstić information content (AvgIpc) is 3.48. The minimum absolute atomic E-state index is 0.0506. The van der Waals surface area contributed by atoms with E-state index in [9.17, 15) is 9.59 Å². The first kappa shape index (κ1) is 22.1. The lowest BCUT2D eigenvalue weighted by Crippen LogP contribution is -2.26. The molecule has 1 atom stereocenters. The van der Waals surface area contributed by atoms with E-state index in [4.69, 9.17) is 23.5 Å². The molecule has 2 heterocycles. The Hall–Kier alpha value is -4.08. The van der Waals surface area contributed by atoms with Gasteiger partial charge in [-0.05, 0) is 24.3 Å². The molecule has 1 saturated heterocycles. The number of benzene rings is 2. The van der Waals surface area contributed by atoms with Crippen LogP contribution in [0.5, 0.6) is 17.2 Å². The normalized spacial score (nSPS) is 15.4. The number of methoxy groups -OCH3 is 3. The average molecular weight is 453 g/mol. The second-order valence-electron chi connectivity index (χ2n) is 7.26. The summed E-state index contributed by atoms with van der Waals surface area (Å²) in [4.78, 5) is 30.9. The predicted octanol–water partition coefficient (Wildman–Crippen LogP) is 2.86. The lowest BCUT2D eigenvalue weighted by atomic mass is 10.1. The molecule has 1 aliphatic heterocycles. The molecule has 10 heteroatoms. The molecular weight excluding hydrogens is 430 g/mol. The van der Waals surface area contributed by atoms with Gasteiger partial charge in [-0.1, -0.05) is 17.3 Å². The number of hydrogen-bond donors (Lipinski definition) is 0. The van der Waals surface area contributed by atoms with Gasteiger partial charge in [-0.2, -0.15) is 4.98 Å². The predicted molar refractivity (Wildman–Crippen MR) is 116 cm³/mol. The molecular formula is C23H23N3O7. The van der Waals surface area contributed by atoms with Crippen molar-refractivity contribution in [3.05, 3.63) is 48.4 Å². The summed E-state index contributed by atoms with van der Waals surface area (Å²) >= 11 is 0. The third kappa shape index (κ3) is 4.59. The van der Waals surface area contributed by atoms with Gasteiger partial charge in [0.2, 0.25) is 11.7 Å². The monoisotopic (exact) mass is 453 g/mol. The van der Waals surface area contributed by atoms with E-state index in [1.54, 1.807) is 37.4 Å². The Labute approximate surface area is 190 Å². The summed E-state index contributed by atoms with van der Waals surface area (Å²) < 4.78 is 26.4. The van der Waals surface area contributed by atoms with Crippen molar-refractivity contribution in [3.8, 4) is 28.6 Å². The van der Waals surface area contributed by atoms with Gasteiger partial charge in [0.1, 0.15) is 17.2 Å². The van der Waals surface area contributed by atoms with E-state index in [1.807, 2.05) is 12.1 Å². The number of hydrogen-bond acceptors (Lipinski definition) is 9. The second kappa shape index (κ2) is 9.60. The smallest absolute Gasteiger partial charge is 0.311 e. The van der Waals surface area contributed by atoms with Crippen LogP contribution in [-0.4, -0.2) is 49.9 Å².